The normalized spacial score (nSPS) is 12.3. The highest BCUT2D eigenvalue weighted by molar-refractivity contribution is 7.99. The number of nitrogens with zero attached hydrogens (tertiary/aromatic N) is 3. The van der Waals surface area contributed by atoms with Gasteiger partial charge in [-0.25, -0.2) is 9.18 Å². The predicted molar refractivity (Wildman–Crippen MR) is 166 cm³/mol. The van der Waals surface area contributed by atoms with Crippen molar-refractivity contribution in [2.75, 3.05) is 24.3 Å². The minimum atomic E-state index is -0.510. The summed E-state index contributed by atoms with van der Waals surface area (Å²) in [5, 5.41) is 15.2. The molecule has 0 radical (unpaired) electrons. The monoisotopic (exact) mass is 637 g/mol. The maximum atomic E-state index is 13.6. The molecule has 2 amide bonds. The zero-order chi connectivity index (χ0) is 31.1. The number of carbonyl (C=O) groups excluding carboxylic acids is 3. The lowest BCUT2D eigenvalue weighted by Gasteiger charge is -2.13. The van der Waals surface area contributed by atoms with E-state index in [1.165, 1.54) is 41.3 Å². The second-order valence-corrected chi connectivity index (χ2v) is 11.9. The molecule has 0 unspecified atom stereocenters. The molecule has 0 bridgehead atoms. The van der Waals surface area contributed by atoms with E-state index >= 15 is 0 Å². The molecule has 10 nitrogen and oxygen atoms in total. The van der Waals surface area contributed by atoms with Crippen molar-refractivity contribution < 1.29 is 28.2 Å². The van der Waals surface area contributed by atoms with E-state index in [9.17, 15) is 18.8 Å². The Morgan fingerprint density at radius 1 is 1.05 bits per heavy atom. The fourth-order valence-corrected chi connectivity index (χ4v) is 6.95. The van der Waals surface area contributed by atoms with Crippen molar-refractivity contribution in [3.8, 4) is 11.4 Å². The molecule has 1 aliphatic rings. The Balaban J connectivity index is 1.34. The highest BCUT2D eigenvalue weighted by Gasteiger charge is 2.27. The lowest BCUT2D eigenvalue weighted by atomic mass is 9.95. The number of aromatic nitrogens is 3. The number of hydrogen-bond donors (Lipinski definition) is 2. The van der Waals surface area contributed by atoms with E-state index in [0.29, 0.717) is 39.6 Å². The molecule has 5 rings (SSSR count). The number of thiophene rings is 1. The predicted octanol–water partition coefficient (Wildman–Crippen LogP) is 5.58. The zero-order valence-corrected chi connectivity index (χ0v) is 26.0. The number of hydrogen-bond acceptors (Lipinski definition) is 9. The number of nitrogens with one attached hydrogen (secondary N) is 2. The smallest absolute Gasteiger partial charge is 0.341 e. The van der Waals surface area contributed by atoms with Crippen LogP contribution in [0.5, 0.6) is 5.75 Å². The Labute approximate surface area is 262 Å². The number of fused-ring (bicyclic) bond motifs is 1. The number of ether oxygens (including phenoxy) is 2. The van der Waals surface area contributed by atoms with E-state index in [0.717, 1.165) is 42.2 Å². The van der Waals surface area contributed by atoms with Crippen LogP contribution < -0.4 is 15.4 Å². The molecule has 44 heavy (non-hydrogen) atoms. The minimum Gasteiger partial charge on any atom is -0.494 e. The summed E-state index contributed by atoms with van der Waals surface area (Å²) in [6.07, 6.45) is 3.70. The van der Waals surface area contributed by atoms with E-state index in [1.54, 1.807) is 11.5 Å². The van der Waals surface area contributed by atoms with Crippen LogP contribution in [0.4, 0.5) is 9.39 Å². The molecule has 230 valence electrons. The van der Waals surface area contributed by atoms with Crippen LogP contribution in [0, 0.1) is 5.82 Å². The van der Waals surface area contributed by atoms with Crippen LogP contribution in [0.3, 0.4) is 0 Å². The molecule has 1 aliphatic carbocycles. The van der Waals surface area contributed by atoms with Gasteiger partial charge in [-0.15, -0.1) is 21.5 Å². The topological polar surface area (TPSA) is 124 Å². The van der Waals surface area contributed by atoms with Gasteiger partial charge in [-0.1, -0.05) is 17.8 Å². The fraction of sp³-hybridized carbons (Fsp3) is 0.323. The van der Waals surface area contributed by atoms with E-state index < -0.39 is 17.7 Å². The first-order valence-electron chi connectivity index (χ1n) is 14.3. The Kier molecular flexibility index (Phi) is 10.3. The SMILES string of the molecule is CCOC(=O)c1c(NC(=O)CSc2nnc(CNC(=O)c3cccc(F)c3)n2-c2ccc(OCC)cc2)sc2c1CCCC2. The third-order valence-electron chi connectivity index (χ3n) is 6.84. The quantitative estimate of drug-likeness (QED) is 0.152. The minimum absolute atomic E-state index is 0.00432. The van der Waals surface area contributed by atoms with Crippen LogP contribution in [0.1, 0.15) is 63.7 Å². The second kappa shape index (κ2) is 14.5. The van der Waals surface area contributed by atoms with Crippen LogP contribution in [0.15, 0.2) is 53.7 Å². The first-order valence-corrected chi connectivity index (χ1v) is 16.1. The number of rotatable bonds is 12. The number of halogens is 1. The van der Waals surface area contributed by atoms with Crippen molar-refractivity contribution in [3.63, 3.8) is 0 Å². The van der Waals surface area contributed by atoms with Gasteiger partial charge in [-0.2, -0.15) is 0 Å². The van der Waals surface area contributed by atoms with Crippen LogP contribution in [0.2, 0.25) is 0 Å². The van der Waals surface area contributed by atoms with Crippen molar-refractivity contribution in [1.82, 2.24) is 20.1 Å². The summed E-state index contributed by atoms with van der Waals surface area (Å²) in [7, 11) is 0. The lowest BCUT2D eigenvalue weighted by molar-refractivity contribution is -0.113. The number of aryl methyl sites for hydroxylation is 1. The molecule has 0 fully saturated rings. The molecular weight excluding hydrogens is 606 g/mol. The van der Waals surface area contributed by atoms with Gasteiger partial charge in [0.05, 0.1) is 31.1 Å². The van der Waals surface area contributed by atoms with Crippen molar-refractivity contribution in [2.24, 2.45) is 0 Å². The second-order valence-electron chi connectivity index (χ2n) is 9.83. The maximum absolute atomic E-state index is 13.6. The van der Waals surface area contributed by atoms with Crippen molar-refractivity contribution in [2.45, 2.75) is 51.2 Å². The molecule has 2 aromatic heterocycles. The van der Waals surface area contributed by atoms with Gasteiger partial charge in [0.2, 0.25) is 5.91 Å². The first kappa shape index (κ1) is 31.2. The molecule has 0 aliphatic heterocycles. The molecule has 0 saturated heterocycles. The van der Waals surface area contributed by atoms with Gasteiger partial charge in [0.15, 0.2) is 11.0 Å². The Morgan fingerprint density at radius 2 is 1.84 bits per heavy atom. The van der Waals surface area contributed by atoms with E-state index in [1.807, 2.05) is 31.2 Å². The van der Waals surface area contributed by atoms with Gasteiger partial charge < -0.3 is 20.1 Å². The average Bonchev–Trinajstić information content (AvgIpc) is 3.60. The summed E-state index contributed by atoms with van der Waals surface area (Å²) in [6, 6.07) is 12.7. The number of amides is 2. The highest BCUT2D eigenvalue weighted by atomic mass is 32.2. The van der Waals surface area contributed by atoms with Crippen LogP contribution >= 0.6 is 23.1 Å². The molecule has 2 aromatic carbocycles. The third kappa shape index (κ3) is 7.28. The summed E-state index contributed by atoms with van der Waals surface area (Å²) in [5.74, 6) is -0.599. The molecule has 0 spiro atoms. The first-order chi connectivity index (χ1) is 21.4. The summed E-state index contributed by atoms with van der Waals surface area (Å²) >= 11 is 2.60. The van der Waals surface area contributed by atoms with Crippen molar-refractivity contribution >= 4 is 45.9 Å². The lowest BCUT2D eigenvalue weighted by Crippen LogP contribution is -2.24. The molecule has 13 heteroatoms. The Bertz CT molecular complexity index is 1650. The van der Waals surface area contributed by atoms with E-state index in [2.05, 4.69) is 20.8 Å². The van der Waals surface area contributed by atoms with Crippen molar-refractivity contribution in [1.29, 1.82) is 0 Å². The van der Waals surface area contributed by atoms with E-state index in [4.69, 9.17) is 9.47 Å². The summed E-state index contributed by atoms with van der Waals surface area (Å²) < 4.78 is 26.2. The maximum Gasteiger partial charge on any atom is 0.341 e. The van der Waals surface area contributed by atoms with Crippen molar-refractivity contribution in [3.05, 3.63) is 81.7 Å². The zero-order valence-electron chi connectivity index (χ0n) is 24.4. The van der Waals surface area contributed by atoms with Crippen LogP contribution in [0.25, 0.3) is 5.69 Å². The number of carbonyl (C=O) groups is 3. The van der Waals surface area contributed by atoms with Gasteiger partial charge >= 0.3 is 5.97 Å². The average molecular weight is 638 g/mol. The fourth-order valence-electron chi connectivity index (χ4n) is 4.88. The number of thioether (sulfide) groups is 1. The van der Waals surface area contributed by atoms with Gasteiger partial charge in [0, 0.05) is 16.1 Å². The number of benzene rings is 2. The third-order valence-corrected chi connectivity index (χ3v) is 8.97. The van der Waals surface area contributed by atoms with Gasteiger partial charge in [0.1, 0.15) is 16.6 Å². The van der Waals surface area contributed by atoms with Gasteiger partial charge in [0.25, 0.3) is 5.91 Å². The Hall–Kier alpha value is -4.23. The standard InChI is InChI=1S/C31H32FN5O5S2/c1-3-41-22-14-12-21(13-15-22)37-25(17-33-28(39)19-8-7-9-20(32)16-19)35-36-31(37)43-18-26(38)34-29-27(30(40)42-4-2)23-10-5-6-11-24(23)44-29/h7-9,12-16H,3-6,10-11,17-18H2,1-2H3,(H,33,39)(H,34,38). The highest BCUT2D eigenvalue weighted by Crippen LogP contribution is 2.39. The van der Waals surface area contributed by atoms with Crippen LogP contribution in [-0.4, -0.2) is 51.5 Å². The molecule has 2 N–H and O–H groups in total. The summed E-state index contributed by atoms with van der Waals surface area (Å²) in [5.41, 5.74) is 2.31. The van der Waals surface area contributed by atoms with E-state index in [-0.39, 0.29) is 30.4 Å². The van der Waals surface area contributed by atoms with Gasteiger partial charge in [-0.05, 0) is 87.6 Å². The number of anilines is 1. The summed E-state index contributed by atoms with van der Waals surface area (Å²) in [4.78, 5) is 39.7. The number of esters is 1. The van der Waals surface area contributed by atoms with Gasteiger partial charge in [-0.3, -0.25) is 14.2 Å². The molecular formula is C31H32FN5O5S2. The van der Waals surface area contributed by atoms with Crippen LogP contribution in [-0.2, 0) is 28.9 Å². The largest absolute Gasteiger partial charge is 0.494 e. The molecule has 0 atom stereocenters. The molecule has 4 aromatic rings. The molecule has 2 heterocycles. The summed E-state index contributed by atoms with van der Waals surface area (Å²) in [6.45, 7) is 4.43. The molecule has 0 saturated carbocycles. The Morgan fingerprint density at radius 3 is 2.59 bits per heavy atom.